The number of hydrogen-bond donors (Lipinski definition) is 0. The van der Waals surface area contributed by atoms with Crippen LogP contribution in [-0.2, 0) is 11.3 Å². The second-order valence-corrected chi connectivity index (χ2v) is 6.33. The Balaban J connectivity index is 2.52. The smallest absolute Gasteiger partial charge is 0.262 e. The summed E-state index contributed by atoms with van der Waals surface area (Å²) in [5, 5.41) is 1.26. The van der Waals surface area contributed by atoms with E-state index in [0.29, 0.717) is 35.0 Å². The summed E-state index contributed by atoms with van der Waals surface area (Å²) in [6.07, 6.45) is 1.81. The summed E-state index contributed by atoms with van der Waals surface area (Å²) in [5.41, 5.74) is 2.09. The number of nitrogens with zero attached hydrogens (tertiary/aromatic N) is 2. The molecule has 0 N–H and O–H groups in total. The van der Waals surface area contributed by atoms with Crippen LogP contribution in [-0.4, -0.2) is 29.0 Å². The Morgan fingerprint density at radius 2 is 2.33 bits per heavy atom. The lowest BCUT2D eigenvalue weighted by molar-refractivity contribution is 0.183. The SMILES string of the molecule is COCCn1c(SC/C=C/Cl)nc2ccc(Br)cc2c1=O. The fraction of sp³-hybridized carbons (Fsp3) is 0.286. The van der Waals surface area contributed by atoms with Gasteiger partial charge in [0, 0.05) is 22.9 Å². The first-order chi connectivity index (χ1) is 10.2. The van der Waals surface area contributed by atoms with E-state index in [1.54, 1.807) is 17.7 Å². The third kappa shape index (κ3) is 4.10. The van der Waals surface area contributed by atoms with Gasteiger partial charge in [0.25, 0.3) is 5.56 Å². The van der Waals surface area contributed by atoms with Gasteiger partial charge < -0.3 is 4.74 Å². The number of aromatic nitrogens is 2. The molecule has 4 nitrogen and oxygen atoms in total. The summed E-state index contributed by atoms with van der Waals surface area (Å²) < 4.78 is 7.58. The summed E-state index contributed by atoms with van der Waals surface area (Å²) in [5.74, 6) is 0.658. The fourth-order valence-electron chi connectivity index (χ4n) is 1.82. The average Bonchev–Trinajstić information content (AvgIpc) is 2.48. The number of hydrogen-bond acceptors (Lipinski definition) is 4. The standard InChI is InChI=1S/C14H14BrClN2O2S/c1-20-7-6-18-13(19)11-9-10(15)3-4-12(11)17-14(18)21-8-2-5-16/h2-5,9H,6-8H2,1H3/b5-2+. The molecular weight excluding hydrogens is 376 g/mol. The van der Waals surface area contributed by atoms with Crippen molar-refractivity contribution in [3.63, 3.8) is 0 Å². The summed E-state index contributed by atoms with van der Waals surface area (Å²) >= 11 is 10.4. The Bertz CT molecular complexity index is 718. The third-order valence-electron chi connectivity index (χ3n) is 2.80. The molecule has 0 bridgehead atoms. The lowest BCUT2D eigenvalue weighted by Crippen LogP contribution is -2.25. The minimum Gasteiger partial charge on any atom is -0.383 e. The van der Waals surface area contributed by atoms with Crippen molar-refractivity contribution in [1.82, 2.24) is 9.55 Å². The quantitative estimate of drug-likeness (QED) is 0.559. The minimum absolute atomic E-state index is 0.0595. The highest BCUT2D eigenvalue weighted by atomic mass is 79.9. The molecule has 1 aromatic heterocycles. The Hall–Kier alpha value is -0.820. The Kier molecular flexibility index (Phi) is 6.29. The van der Waals surface area contributed by atoms with E-state index >= 15 is 0 Å². The van der Waals surface area contributed by atoms with Gasteiger partial charge in [0.05, 0.1) is 24.1 Å². The molecule has 0 unspecified atom stereocenters. The van der Waals surface area contributed by atoms with E-state index in [1.165, 1.54) is 17.3 Å². The van der Waals surface area contributed by atoms with E-state index in [1.807, 2.05) is 18.2 Å². The molecule has 0 spiro atoms. The number of rotatable bonds is 6. The minimum atomic E-state index is -0.0595. The van der Waals surface area contributed by atoms with Crippen molar-refractivity contribution in [2.24, 2.45) is 0 Å². The molecule has 0 fully saturated rings. The van der Waals surface area contributed by atoms with Crippen LogP contribution >= 0.6 is 39.3 Å². The lowest BCUT2D eigenvalue weighted by Gasteiger charge is -2.12. The third-order valence-corrected chi connectivity index (χ3v) is 4.40. The lowest BCUT2D eigenvalue weighted by atomic mass is 10.2. The van der Waals surface area contributed by atoms with Gasteiger partial charge in [-0.25, -0.2) is 4.98 Å². The summed E-state index contributed by atoms with van der Waals surface area (Å²) in [4.78, 5) is 17.2. The Morgan fingerprint density at radius 1 is 1.52 bits per heavy atom. The van der Waals surface area contributed by atoms with E-state index < -0.39 is 0 Å². The predicted octanol–water partition coefficient (Wildman–Crippen LogP) is 3.65. The van der Waals surface area contributed by atoms with E-state index in [9.17, 15) is 4.79 Å². The second-order valence-electron chi connectivity index (χ2n) is 4.18. The molecule has 0 aliphatic rings. The highest BCUT2D eigenvalue weighted by Gasteiger charge is 2.11. The highest BCUT2D eigenvalue weighted by Crippen LogP contribution is 2.20. The van der Waals surface area contributed by atoms with Gasteiger partial charge in [0.1, 0.15) is 0 Å². The van der Waals surface area contributed by atoms with Gasteiger partial charge in [0.15, 0.2) is 5.16 Å². The van der Waals surface area contributed by atoms with Gasteiger partial charge in [-0.05, 0) is 18.2 Å². The largest absolute Gasteiger partial charge is 0.383 e. The molecular formula is C14H14BrClN2O2S. The molecule has 0 saturated heterocycles. The van der Waals surface area contributed by atoms with Crippen LogP contribution in [0.4, 0.5) is 0 Å². The monoisotopic (exact) mass is 388 g/mol. The van der Waals surface area contributed by atoms with Crippen molar-refractivity contribution in [3.05, 3.63) is 44.6 Å². The summed E-state index contributed by atoms with van der Waals surface area (Å²) in [6.45, 7) is 0.928. The molecule has 0 aliphatic carbocycles. The van der Waals surface area contributed by atoms with Gasteiger partial charge in [-0.15, -0.1) is 0 Å². The molecule has 0 aliphatic heterocycles. The highest BCUT2D eigenvalue weighted by molar-refractivity contribution is 9.10. The van der Waals surface area contributed by atoms with Crippen LogP contribution < -0.4 is 5.56 Å². The average molecular weight is 390 g/mol. The van der Waals surface area contributed by atoms with Crippen LogP contribution in [0.1, 0.15) is 0 Å². The van der Waals surface area contributed by atoms with E-state index in [-0.39, 0.29) is 5.56 Å². The number of methoxy groups -OCH3 is 1. The summed E-state index contributed by atoms with van der Waals surface area (Å²) in [7, 11) is 1.61. The van der Waals surface area contributed by atoms with Crippen LogP contribution in [0.3, 0.4) is 0 Å². The molecule has 7 heteroatoms. The zero-order valence-corrected chi connectivity index (χ0v) is 14.5. The molecule has 1 heterocycles. The molecule has 2 aromatic rings. The van der Waals surface area contributed by atoms with Crippen LogP contribution in [0, 0.1) is 0 Å². The first-order valence-corrected chi connectivity index (χ1v) is 8.46. The maximum Gasteiger partial charge on any atom is 0.262 e. The first kappa shape index (κ1) is 16.5. The van der Waals surface area contributed by atoms with Gasteiger partial charge in [-0.1, -0.05) is 45.4 Å². The number of benzene rings is 1. The van der Waals surface area contributed by atoms with Crippen molar-refractivity contribution in [2.45, 2.75) is 11.7 Å². The number of halogens is 2. The normalized spacial score (nSPS) is 11.6. The van der Waals surface area contributed by atoms with Gasteiger partial charge in [0.2, 0.25) is 0 Å². The van der Waals surface area contributed by atoms with Crippen LogP contribution in [0.2, 0.25) is 0 Å². The van der Waals surface area contributed by atoms with E-state index in [0.717, 1.165) is 4.47 Å². The van der Waals surface area contributed by atoms with Crippen molar-refractivity contribution in [2.75, 3.05) is 19.5 Å². The Labute approximate surface area is 140 Å². The van der Waals surface area contributed by atoms with E-state index in [2.05, 4.69) is 20.9 Å². The van der Waals surface area contributed by atoms with Gasteiger partial charge >= 0.3 is 0 Å². The molecule has 0 amide bonds. The first-order valence-electron chi connectivity index (χ1n) is 6.24. The van der Waals surface area contributed by atoms with Gasteiger partial charge in [-0.3, -0.25) is 9.36 Å². The Morgan fingerprint density at radius 3 is 3.05 bits per heavy atom. The molecule has 0 saturated carbocycles. The van der Waals surface area contributed by atoms with Crippen molar-refractivity contribution < 1.29 is 4.74 Å². The second kappa shape index (κ2) is 7.98. The van der Waals surface area contributed by atoms with Crippen molar-refractivity contribution >= 4 is 50.2 Å². The zero-order valence-electron chi connectivity index (χ0n) is 11.4. The molecule has 2 rings (SSSR count). The molecule has 0 atom stereocenters. The maximum absolute atomic E-state index is 12.6. The zero-order chi connectivity index (χ0) is 15.2. The van der Waals surface area contributed by atoms with Gasteiger partial charge in [-0.2, -0.15) is 0 Å². The number of thioether (sulfide) groups is 1. The molecule has 21 heavy (non-hydrogen) atoms. The topological polar surface area (TPSA) is 44.1 Å². The van der Waals surface area contributed by atoms with Crippen molar-refractivity contribution in [1.29, 1.82) is 0 Å². The number of fused-ring (bicyclic) bond motifs is 1. The molecule has 1 aromatic carbocycles. The molecule has 112 valence electrons. The summed E-state index contributed by atoms with van der Waals surface area (Å²) in [6, 6.07) is 5.51. The van der Waals surface area contributed by atoms with Crippen LogP contribution in [0.25, 0.3) is 10.9 Å². The van der Waals surface area contributed by atoms with Crippen molar-refractivity contribution in [3.8, 4) is 0 Å². The van der Waals surface area contributed by atoms with E-state index in [4.69, 9.17) is 16.3 Å². The van der Waals surface area contributed by atoms with Crippen LogP contribution in [0.5, 0.6) is 0 Å². The maximum atomic E-state index is 12.6. The van der Waals surface area contributed by atoms with Crippen LogP contribution in [0.15, 0.2) is 44.2 Å². The number of ether oxygens (including phenoxy) is 1. The fourth-order valence-corrected chi connectivity index (χ4v) is 3.21. The predicted molar refractivity (Wildman–Crippen MR) is 91.3 cm³/mol. The molecule has 0 radical (unpaired) electrons.